The second kappa shape index (κ2) is 5.16. The van der Waals surface area contributed by atoms with Gasteiger partial charge >= 0.3 is 6.18 Å². The summed E-state index contributed by atoms with van der Waals surface area (Å²) in [6.07, 6.45) is -4.23. The van der Waals surface area contributed by atoms with Gasteiger partial charge in [0.25, 0.3) is 0 Å². The van der Waals surface area contributed by atoms with Gasteiger partial charge in [0.15, 0.2) is 0 Å². The van der Waals surface area contributed by atoms with E-state index in [0.29, 0.717) is 15.8 Å². The fourth-order valence-electron chi connectivity index (χ4n) is 1.50. The SMILES string of the molecule is CC(C)N(CC(F)(F)F)c1ccc(N)cc1Br. The maximum atomic E-state index is 12.5. The van der Waals surface area contributed by atoms with E-state index in [4.69, 9.17) is 5.73 Å². The van der Waals surface area contributed by atoms with Crippen LogP contribution in [0, 0.1) is 0 Å². The molecule has 0 bridgehead atoms. The maximum absolute atomic E-state index is 12.5. The fourth-order valence-corrected chi connectivity index (χ4v) is 2.12. The number of benzene rings is 1. The molecule has 0 heterocycles. The van der Waals surface area contributed by atoms with E-state index in [1.54, 1.807) is 32.0 Å². The van der Waals surface area contributed by atoms with Gasteiger partial charge in [0.2, 0.25) is 0 Å². The highest BCUT2D eigenvalue weighted by atomic mass is 79.9. The summed E-state index contributed by atoms with van der Waals surface area (Å²) in [6, 6.07) is 4.52. The van der Waals surface area contributed by atoms with Gasteiger partial charge in [-0.15, -0.1) is 0 Å². The third kappa shape index (κ3) is 4.11. The molecule has 1 aromatic carbocycles. The molecule has 0 saturated carbocycles. The van der Waals surface area contributed by atoms with Crippen molar-refractivity contribution in [1.29, 1.82) is 0 Å². The van der Waals surface area contributed by atoms with Crippen LogP contribution in [0.3, 0.4) is 0 Å². The Morgan fingerprint density at radius 1 is 1.35 bits per heavy atom. The summed E-state index contributed by atoms with van der Waals surface area (Å²) in [7, 11) is 0. The summed E-state index contributed by atoms with van der Waals surface area (Å²) in [4.78, 5) is 1.28. The normalized spacial score (nSPS) is 11.9. The molecule has 1 aromatic rings. The average molecular weight is 311 g/mol. The monoisotopic (exact) mass is 310 g/mol. The lowest BCUT2D eigenvalue weighted by molar-refractivity contribution is -0.120. The number of rotatable bonds is 3. The molecule has 1 rings (SSSR count). The first-order chi connectivity index (χ1) is 7.70. The molecule has 0 radical (unpaired) electrons. The molecule has 2 N–H and O–H groups in total. The van der Waals surface area contributed by atoms with Gasteiger partial charge in [0, 0.05) is 16.2 Å². The predicted molar refractivity (Wildman–Crippen MR) is 67.1 cm³/mol. The standard InChI is InChI=1S/C11H14BrF3N2/c1-7(2)17(6-11(13,14)15)10-4-3-8(16)5-9(10)12/h3-5,7H,6,16H2,1-2H3. The zero-order chi connectivity index (χ0) is 13.2. The van der Waals surface area contributed by atoms with E-state index in [1.165, 1.54) is 4.90 Å². The Hall–Kier alpha value is -0.910. The van der Waals surface area contributed by atoms with Crippen LogP contribution in [-0.4, -0.2) is 18.8 Å². The first-order valence-corrected chi connectivity index (χ1v) is 5.88. The Morgan fingerprint density at radius 2 is 1.94 bits per heavy atom. The van der Waals surface area contributed by atoms with E-state index in [0.717, 1.165) is 0 Å². The number of nitrogens with zero attached hydrogens (tertiary/aromatic N) is 1. The lowest BCUT2D eigenvalue weighted by Crippen LogP contribution is -2.39. The maximum Gasteiger partial charge on any atom is 0.405 e. The van der Waals surface area contributed by atoms with Gasteiger partial charge in [-0.3, -0.25) is 0 Å². The zero-order valence-corrected chi connectivity index (χ0v) is 11.1. The number of alkyl halides is 3. The van der Waals surface area contributed by atoms with Crippen molar-refractivity contribution in [2.24, 2.45) is 0 Å². The molecule has 0 aliphatic rings. The molecule has 0 atom stereocenters. The van der Waals surface area contributed by atoms with Crippen molar-refractivity contribution in [3.05, 3.63) is 22.7 Å². The summed E-state index contributed by atoms with van der Waals surface area (Å²) in [5, 5.41) is 0. The van der Waals surface area contributed by atoms with Crippen molar-refractivity contribution in [2.75, 3.05) is 17.2 Å². The molecular weight excluding hydrogens is 297 g/mol. The van der Waals surface area contributed by atoms with Gasteiger partial charge in [0.05, 0.1) is 5.69 Å². The quantitative estimate of drug-likeness (QED) is 0.860. The van der Waals surface area contributed by atoms with Crippen molar-refractivity contribution >= 4 is 27.3 Å². The minimum Gasteiger partial charge on any atom is -0.399 e. The van der Waals surface area contributed by atoms with E-state index in [9.17, 15) is 13.2 Å². The molecular formula is C11H14BrF3N2. The summed E-state index contributed by atoms with van der Waals surface area (Å²) in [5.74, 6) is 0. The van der Waals surface area contributed by atoms with E-state index >= 15 is 0 Å². The topological polar surface area (TPSA) is 29.3 Å². The highest BCUT2D eigenvalue weighted by Crippen LogP contribution is 2.32. The van der Waals surface area contributed by atoms with Crippen LogP contribution >= 0.6 is 15.9 Å². The number of hydrogen-bond donors (Lipinski definition) is 1. The number of nitrogens with two attached hydrogens (primary N) is 1. The molecule has 0 aromatic heterocycles. The second-order valence-corrected chi connectivity index (χ2v) is 4.90. The van der Waals surface area contributed by atoms with Crippen LogP contribution in [0.15, 0.2) is 22.7 Å². The van der Waals surface area contributed by atoms with Crippen LogP contribution < -0.4 is 10.6 Å². The molecule has 2 nitrogen and oxygen atoms in total. The van der Waals surface area contributed by atoms with E-state index in [-0.39, 0.29) is 6.04 Å². The van der Waals surface area contributed by atoms with Crippen LogP contribution in [0.25, 0.3) is 0 Å². The van der Waals surface area contributed by atoms with E-state index in [2.05, 4.69) is 15.9 Å². The summed E-state index contributed by atoms with van der Waals surface area (Å²) in [5.41, 5.74) is 6.56. The van der Waals surface area contributed by atoms with Crippen LogP contribution in [-0.2, 0) is 0 Å². The van der Waals surface area contributed by atoms with Crippen LogP contribution in [0.2, 0.25) is 0 Å². The van der Waals surface area contributed by atoms with Gasteiger partial charge in [0.1, 0.15) is 6.54 Å². The predicted octanol–water partition coefficient (Wildman–Crippen LogP) is 3.81. The van der Waals surface area contributed by atoms with Crippen molar-refractivity contribution < 1.29 is 13.2 Å². The Morgan fingerprint density at radius 3 is 2.35 bits per heavy atom. The largest absolute Gasteiger partial charge is 0.405 e. The Bertz CT molecular complexity index is 391. The molecule has 0 aliphatic carbocycles. The third-order valence-corrected chi connectivity index (χ3v) is 2.89. The third-order valence-electron chi connectivity index (χ3n) is 2.25. The lowest BCUT2D eigenvalue weighted by Gasteiger charge is -2.30. The molecule has 6 heteroatoms. The van der Waals surface area contributed by atoms with Crippen LogP contribution in [0.1, 0.15) is 13.8 Å². The lowest BCUT2D eigenvalue weighted by atomic mass is 10.2. The van der Waals surface area contributed by atoms with Crippen LogP contribution in [0.4, 0.5) is 24.5 Å². The molecule has 0 unspecified atom stereocenters. The van der Waals surface area contributed by atoms with Gasteiger partial charge in [-0.2, -0.15) is 13.2 Å². The van der Waals surface area contributed by atoms with Crippen molar-refractivity contribution in [3.63, 3.8) is 0 Å². The molecule has 0 spiro atoms. The summed E-state index contributed by atoms with van der Waals surface area (Å²) in [6.45, 7) is 2.45. The first kappa shape index (κ1) is 14.2. The summed E-state index contributed by atoms with van der Waals surface area (Å²) >= 11 is 3.23. The van der Waals surface area contributed by atoms with Gasteiger partial charge < -0.3 is 10.6 Å². The number of anilines is 2. The molecule has 0 saturated heterocycles. The highest BCUT2D eigenvalue weighted by molar-refractivity contribution is 9.10. The van der Waals surface area contributed by atoms with Gasteiger partial charge in [-0.1, -0.05) is 0 Å². The minimum absolute atomic E-state index is 0.253. The smallest absolute Gasteiger partial charge is 0.399 e. The molecule has 0 aliphatic heterocycles. The van der Waals surface area contributed by atoms with E-state index < -0.39 is 12.7 Å². The molecule has 0 fully saturated rings. The molecule has 17 heavy (non-hydrogen) atoms. The number of nitrogen functional groups attached to an aromatic ring is 1. The van der Waals surface area contributed by atoms with Crippen molar-refractivity contribution in [3.8, 4) is 0 Å². The second-order valence-electron chi connectivity index (χ2n) is 4.05. The van der Waals surface area contributed by atoms with Crippen LogP contribution in [0.5, 0.6) is 0 Å². The fraction of sp³-hybridized carbons (Fsp3) is 0.455. The van der Waals surface area contributed by atoms with Gasteiger partial charge in [-0.25, -0.2) is 0 Å². The minimum atomic E-state index is -4.23. The number of halogens is 4. The summed E-state index contributed by atoms with van der Waals surface area (Å²) < 4.78 is 38.0. The first-order valence-electron chi connectivity index (χ1n) is 5.09. The van der Waals surface area contributed by atoms with Gasteiger partial charge in [-0.05, 0) is 48.0 Å². The highest BCUT2D eigenvalue weighted by Gasteiger charge is 2.32. The number of hydrogen-bond acceptors (Lipinski definition) is 2. The average Bonchev–Trinajstić information content (AvgIpc) is 2.13. The Balaban J connectivity index is 3.06. The molecule has 0 amide bonds. The Labute approximate surface area is 107 Å². The Kier molecular flexibility index (Phi) is 4.30. The van der Waals surface area contributed by atoms with Crippen molar-refractivity contribution in [2.45, 2.75) is 26.1 Å². The molecule has 96 valence electrons. The van der Waals surface area contributed by atoms with Crippen molar-refractivity contribution in [1.82, 2.24) is 0 Å². The van der Waals surface area contributed by atoms with E-state index in [1.807, 2.05) is 0 Å². The zero-order valence-electron chi connectivity index (χ0n) is 9.55.